The van der Waals surface area contributed by atoms with Crippen molar-refractivity contribution in [3.8, 4) is 0 Å². The van der Waals surface area contributed by atoms with E-state index in [0.717, 1.165) is 22.3 Å². The number of aromatic carboxylic acids is 1. The molecule has 8 rings (SSSR count). The van der Waals surface area contributed by atoms with E-state index in [-0.39, 0.29) is 53.1 Å². The van der Waals surface area contributed by atoms with Gasteiger partial charge in [0.1, 0.15) is 17.1 Å². The lowest BCUT2D eigenvalue weighted by Gasteiger charge is -2.35. The van der Waals surface area contributed by atoms with Crippen LogP contribution in [-0.2, 0) is 14.1 Å². The van der Waals surface area contributed by atoms with Crippen molar-refractivity contribution in [1.82, 2.24) is 29.5 Å². The molecule has 5 N–H and O–H groups in total. The van der Waals surface area contributed by atoms with Crippen LogP contribution in [0.1, 0.15) is 46.7 Å². The molecule has 64 heavy (non-hydrogen) atoms. The number of nitrogens with two attached hydrogens (primary N) is 1. The Balaban J connectivity index is 0.000000213. The minimum absolute atomic E-state index is 0. The van der Waals surface area contributed by atoms with E-state index in [2.05, 4.69) is 41.4 Å². The van der Waals surface area contributed by atoms with E-state index in [1.807, 2.05) is 4.90 Å². The number of aryl methyl sites for hydroxylation is 2. The summed E-state index contributed by atoms with van der Waals surface area (Å²) in [6.45, 7) is 1.39. The number of carboxylic acids is 1. The van der Waals surface area contributed by atoms with Crippen LogP contribution in [0, 0.1) is 0 Å². The number of rotatable bonds is 6. The summed E-state index contributed by atoms with van der Waals surface area (Å²) < 4.78 is 71.6. The molecule has 0 aliphatic carbocycles. The third kappa shape index (κ3) is 10.8. The quantitative estimate of drug-likeness (QED) is 0.159. The van der Waals surface area contributed by atoms with Gasteiger partial charge in [0, 0.05) is 59.1 Å². The molecule has 344 valence electrons. The largest absolute Gasteiger partial charge is 0.477 e. The second-order valence-electron chi connectivity index (χ2n) is 14.5. The van der Waals surface area contributed by atoms with Gasteiger partial charge in [-0.05, 0) is 49.2 Å². The molecule has 0 aromatic carbocycles. The van der Waals surface area contributed by atoms with Crippen LogP contribution < -0.4 is 47.1 Å². The summed E-state index contributed by atoms with van der Waals surface area (Å²) in [5.41, 5.74) is 4.43. The van der Waals surface area contributed by atoms with Gasteiger partial charge >= 0.3 is 30.4 Å². The summed E-state index contributed by atoms with van der Waals surface area (Å²) in [4.78, 5) is 89.1. The summed E-state index contributed by atoms with van der Waals surface area (Å²) in [7, 11) is 2.94. The van der Waals surface area contributed by atoms with Gasteiger partial charge in [-0.3, -0.25) is 24.2 Å². The number of urea groups is 2. The molecule has 2 fully saturated rings. The van der Waals surface area contributed by atoms with E-state index in [0.29, 0.717) is 43.2 Å². The Hall–Kier alpha value is -6.83. The molecule has 8 heterocycles. The van der Waals surface area contributed by atoms with Crippen molar-refractivity contribution in [1.29, 1.82) is 0 Å². The van der Waals surface area contributed by atoms with Crippen LogP contribution in [0.3, 0.4) is 0 Å². The Labute approximate surface area is 364 Å². The lowest BCUT2D eigenvalue weighted by molar-refractivity contribution is -0.133. The third-order valence-corrected chi connectivity index (χ3v) is 10.2. The molecule has 4 aromatic heterocycles. The van der Waals surface area contributed by atoms with E-state index >= 15 is 0 Å². The molecule has 0 radical (unpaired) electrons. The highest BCUT2D eigenvalue weighted by Crippen LogP contribution is 2.40. The molecule has 4 bridgehead atoms. The van der Waals surface area contributed by atoms with Crippen LogP contribution in [-0.4, -0.2) is 116 Å². The SMILES string of the molecule is Cl.Cn1nccc(NC(=O)N2c3nc(C(=O)CCC(F)(F)F)ccc3N3CC[C@H]2C3)c1=O.Cn1nccc(NC(=O)N2c3nc(C(=O)O)ccc3N3CC[C@H]2C3)c1=O.NCC(F)(F)F. The Morgan fingerprint density at radius 3 is 1.55 bits per heavy atom. The number of hydrogen-bond donors (Lipinski definition) is 4. The molecule has 0 saturated carbocycles. The van der Waals surface area contributed by atoms with Crippen molar-refractivity contribution in [2.24, 2.45) is 19.8 Å². The number of nitrogens with one attached hydrogen (secondary N) is 2. The first kappa shape index (κ1) is 48.2. The van der Waals surface area contributed by atoms with Gasteiger partial charge < -0.3 is 31.3 Å². The monoisotopic (exact) mass is 927 g/mol. The molecular weight excluding hydrogens is 888 g/mol. The fourth-order valence-electron chi connectivity index (χ4n) is 7.15. The van der Waals surface area contributed by atoms with Crippen molar-refractivity contribution in [2.45, 2.75) is 50.1 Å². The van der Waals surface area contributed by atoms with Crippen LogP contribution in [0.2, 0.25) is 0 Å². The Morgan fingerprint density at radius 2 is 1.14 bits per heavy atom. The Kier molecular flexibility index (Phi) is 14.5. The summed E-state index contributed by atoms with van der Waals surface area (Å²) in [6.07, 6.45) is -6.42. The molecule has 27 heteroatoms. The van der Waals surface area contributed by atoms with Gasteiger partial charge in [0.25, 0.3) is 11.1 Å². The Bertz CT molecular complexity index is 2540. The maximum absolute atomic E-state index is 13.1. The van der Waals surface area contributed by atoms with Crippen LogP contribution >= 0.6 is 12.4 Å². The second-order valence-corrected chi connectivity index (χ2v) is 14.5. The fourth-order valence-corrected chi connectivity index (χ4v) is 7.15. The number of anilines is 6. The van der Waals surface area contributed by atoms with Crippen LogP contribution in [0.15, 0.2) is 58.4 Å². The van der Waals surface area contributed by atoms with E-state index in [1.54, 1.807) is 12.1 Å². The molecule has 20 nitrogen and oxygen atoms in total. The smallest absolute Gasteiger partial charge is 0.400 e. The zero-order chi connectivity index (χ0) is 46.0. The summed E-state index contributed by atoms with van der Waals surface area (Å²) in [6, 6.07) is 7.36. The standard InChI is InChI=1S/C19H19F3N6O3.C16H16N6O4.C2H4F3N.ClH/c1-26-17(30)13(5-8-23-26)25-18(31)28-11-6-9-27(10-11)14-3-2-12(24-16(14)28)15(29)4-7-19(20,21)22;1-20-14(23)10(4-6-17-20)19-16(26)22-9-5-7-21(8-9)12-3-2-11(15(24)25)18-13(12)22;3-2(4,5)1-6;/h2-3,5,8,11H,4,6-7,9-10H2,1H3,(H,25,31);2-4,6,9H,5,7-8H2,1H3,(H,19,26)(H,24,25);1,6H2;1H/t11-;9-;;/m00../s1. The molecule has 0 spiro atoms. The van der Waals surface area contributed by atoms with Gasteiger partial charge in [-0.1, -0.05) is 0 Å². The predicted octanol–water partition coefficient (Wildman–Crippen LogP) is 3.76. The molecule has 2 saturated heterocycles. The normalized spacial score (nSPS) is 16.8. The number of aromatic nitrogens is 6. The van der Waals surface area contributed by atoms with Crippen LogP contribution in [0.4, 0.5) is 70.3 Å². The van der Waals surface area contributed by atoms with Crippen molar-refractivity contribution in [3.05, 3.63) is 80.9 Å². The number of carbonyl (C=O) groups is 4. The number of hydrogen-bond acceptors (Lipinski definition) is 13. The van der Waals surface area contributed by atoms with Gasteiger partial charge in [-0.2, -0.15) is 36.5 Å². The summed E-state index contributed by atoms with van der Waals surface area (Å²) >= 11 is 0. The first-order valence-corrected chi connectivity index (χ1v) is 19.0. The molecule has 2 atom stereocenters. The number of ketones is 1. The topological polar surface area (TPSA) is 247 Å². The average molecular weight is 928 g/mol. The van der Waals surface area contributed by atoms with Crippen molar-refractivity contribution in [2.75, 3.05) is 63.0 Å². The minimum Gasteiger partial charge on any atom is -0.477 e. The first-order valence-electron chi connectivity index (χ1n) is 19.0. The van der Waals surface area contributed by atoms with Crippen molar-refractivity contribution in [3.63, 3.8) is 0 Å². The number of pyridine rings is 2. The third-order valence-electron chi connectivity index (χ3n) is 10.2. The second kappa shape index (κ2) is 19.3. The van der Waals surface area contributed by atoms with E-state index < -0.39 is 66.7 Å². The van der Waals surface area contributed by atoms with E-state index in [9.17, 15) is 60.2 Å². The average Bonchev–Trinajstić information content (AvgIpc) is 3.85. The van der Waals surface area contributed by atoms with Crippen molar-refractivity contribution >= 4 is 70.6 Å². The molecular formula is C37H40ClF6N13O7. The molecule has 4 aliphatic heterocycles. The van der Waals surface area contributed by atoms with Crippen LogP contribution in [0.25, 0.3) is 0 Å². The number of carboxylic acid groups (broad SMARTS) is 1. The van der Waals surface area contributed by atoms with Crippen molar-refractivity contribution < 1.29 is 50.6 Å². The summed E-state index contributed by atoms with van der Waals surface area (Å²) in [5.74, 6) is -1.43. The first-order chi connectivity index (χ1) is 29.6. The summed E-state index contributed by atoms with van der Waals surface area (Å²) in [5, 5.41) is 22.0. The highest BCUT2D eigenvalue weighted by atomic mass is 35.5. The van der Waals surface area contributed by atoms with Gasteiger partial charge in [0.2, 0.25) is 0 Å². The number of nitrogens with zero attached hydrogens (tertiary/aromatic N) is 10. The number of amides is 4. The van der Waals surface area contributed by atoms with Gasteiger partial charge in [0.05, 0.1) is 36.4 Å². The van der Waals surface area contributed by atoms with Crippen LogP contribution in [0.5, 0.6) is 0 Å². The van der Waals surface area contributed by atoms with Gasteiger partial charge in [-0.15, -0.1) is 12.4 Å². The Morgan fingerprint density at radius 1 is 0.719 bits per heavy atom. The lowest BCUT2D eigenvalue weighted by Crippen LogP contribution is -2.49. The number of carbonyl (C=O) groups excluding carboxylic acids is 3. The number of halogens is 7. The molecule has 4 aliphatic rings. The molecule has 0 unspecified atom stereocenters. The highest BCUT2D eigenvalue weighted by molar-refractivity contribution is 6.06. The number of alkyl halides is 6. The maximum Gasteiger partial charge on any atom is 0.400 e. The van der Waals surface area contributed by atoms with Gasteiger partial charge in [-0.25, -0.2) is 33.7 Å². The minimum atomic E-state index is -4.45. The highest BCUT2D eigenvalue weighted by Gasteiger charge is 2.42. The number of Topliss-reactive ketones (excluding diaryl/α,β-unsaturated/α-hetero) is 1. The zero-order valence-corrected chi connectivity index (χ0v) is 34.6. The predicted molar refractivity (Wildman–Crippen MR) is 221 cm³/mol. The fraction of sp³-hybridized carbons (Fsp3) is 0.405. The number of fused-ring (bicyclic) bond motifs is 8. The molecule has 4 aromatic rings. The van der Waals surface area contributed by atoms with Gasteiger partial charge in [0.15, 0.2) is 23.1 Å². The maximum atomic E-state index is 13.1. The van der Waals surface area contributed by atoms with E-state index in [1.165, 1.54) is 60.6 Å². The molecule has 4 amide bonds. The lowest BCUT2D eigenvalue weighted by atomic mass is 10.1. The van der Waals surface area contributed by atoms with E-state index in [4.69, 9.17) is 0 Å². The zero-order valence-electron chi connectivity index (χ0n) is 33.8.